The molecule has 40 heavy (non-hydrogen) atoms. The van der Waals surface area contributed by atoms with Gasteiger partial charge in [-0.3, -0.25) is 0 Å². The largest absolute Gasteiger partial charge is 0.829 e. The molecule has 0 bridgehead atoms. The van der Waals surface area contributed by atoms with Crippen LogP contribution in [0.1, 0.15) is 98.3 Å². The molecule has 3 aliphatic carbocycles. The molecule has 0 aromatic carbocycles. The van der Waals surface area contributed by atoms with Crippen LogP contribution in [0, 0.1) is 29.1 Å². The average molecular weight is 564 g/mol. The van der Waals surface area contributed by atoms with Crippen molar-refractivity contribution in [2.45, 2.75) is 135 Å². The van der Waals surface area contributed by atoms with Crippen molar-refractivity contribution in [3.63, 3.8) is 0 Å². The Bertz CT molecular complexity index is 877. The van der Waals surface area contributed by atoms with E-state index in [4.69, 9.17) is 20.4 Å². The summed E-state index contributed by atoms with van der Waals surface area (Å²) in [5.74, 6) is 3.37. The molecule has 0 aromatic rings. The number of rotatable bonds is 7. The van der Waals surface area contributed by atoms with Gasteiger partial charge >= 0.3 is 0 Å². The summed E-state index contributed by atoms with van der Waals surface area (Å²) in [5, 5.41) is 56.4. The Morgan fingerprint density at radius 3 is 2.40 bits per heavy atom. The number of fused-ring (bicyclic) bond motifs is 1. The number of ether oxygens (including phenoxy) is 1. The predicted octanol–water partition coefficient (Wildman–Crippen LogP) is 3.77. The third kappa shape index (κ3) is 8.06. The van der Waals surface area contributed by atoms with Crippen LogP contribution < -0.4 is 5.11 Å². The quantitative estimate of drug-likeness (QED) is 0.318. The minimum absolute atomic E-state index is 0.172. The van der Waals surface area contributed by atoms with Gasteiger partial charge in [0.15, 0.2) is 0 Å². The Morgan fingerprint density at radius 1 is 1.00 bits per heavy atom. The van der Waals surface area contributed by atoms with E-state index in [1.807, 2.05) is 0 Å². The van der Waals surface area contributed by atoms with E-state index in [0.717, 1.165) is 42.9 Å². The van der Waals surface area contributed by atoms with Crippen molar-refractivity contribution in [1.82, 2.24) is 0 Å². The molecule has 3 saturated carbocycles. The molecule has 230 valence electrons. The van der Waals surface area contributed by atoms with E-state index in [2.05, 4.69) is 51.2 Å². The van der Waals surface area contributed by atoms with Gasteiger partial charge in [-0.05, 0) is 86.0 Å². The van der Waals surface area contributed by atoms with Gasteiger partial charge in [0.1, 0.15) is 18.3 Å². The van der Waals surface area contributed by atoms with Crippen LogP contribution in [0.15, 0.2) is 35.5 Å². The number of aliphatic hydroxyl groups is 5. The predicted molar refractivity (Wildman–Crippen MR) is 155 cm³/mol. The Hall–Kier alpha value is -1.06. The van der Waals surface area contributed by atoms with Gasteiger partial charge in [-0.25, -0.2) is 0 Å². The van der Waals surface area contributed by atoms with E-state index < -0.39 is 37.3 Å². The minimum atomic E-state index is -1.82. The van der Waals surface area contributed by atoms with E-state index in [-0.39, 0.29) is 6.10 Å². The fourth-order valence-electron chi connectivity index (χ4n) is 7.73. The van der Waals surface area contributed by atoms with Crippen molar-refractivity contribution in [2.75, 3.05) is 6.61 Å². The van der Waals surface area contributed by atoms with Gasteiger partial charge in [0, 0.05) is 6.29 Å². The first-order valence-corrected chi connectivity index (χ1v) is 15.6. The maximum absolute atomic E-state index is 10.7. The summed E-state index contributed by atoms with van der Waals surface area (Å²) < 4.78 is 4.46. The molecule has 5 N–H and O–H groups in total. The highest BCUT2D eigenvalue weighted by molar-refractivity contribution is 5.36. The lowest BCUT2D eigenvalue weighted by Gasteiger charge is -2.44. The molecule has 0 amide bonds. The topological polar surface area (TPSA) is 133 Å². The highest BCUT2D eigenvalue weighted by Crippen LogP contribution is 2.60. The van der Waals surface area contributed by atoms with E-state index in [1.165, 1.54) is 62.5 Å². The molecule has 7 heteroatoms. The minimum Gasteiger partial charge on any atom is -0.829 e. The molecule has 4 fully saturated rings. The fraction of sp³-hybridized carbons (Fsp3) is 0.818. The number of allylic oxidation sites excluding steroid dienone is 4. The molecule has 4 rings (SSSR count). The number of hydrogen-bond acceptors (Lipinski definition) is 7. The van der Waals surface area contributed by atoms with E-state index >= 15 is 0 Å². The van der Waals surface area contributed by atoms with Gasteiger partial charge in [0.25, 0.3) is 0 Å². The monoisotopic (exact) mass is 563 g/mol. The summed E-state index contributed by atoms with van der Waals surface area (Å²) in [5.41, 5.74) is 4.72. The lowest BCUT2D eigenvalue weighted by Crippen LogP contribution is -2.62. The van der Waals surface area contributed by atoms with Crippen LogP contribution in [0.5, 0.6) is 0 Å². The maximum atomic E-state index is 10.7. The van der Waals surface area contributed by atoms with Crippen LogP contribution in [0.25, 0.3) is 0 Å². The van der Waals surface area contributed by atoms with Crippen LogP contribution in [0.2, 0.25) is 0 Å². The molecule has 1 heterocycles. The second kappa shape index (κ2) is 14.9. The molecule has 0 spiro atoms. The Labute approximate surface area is 241 Å². The van der Waals surface area contributed by atoms with Gasteiger partial charge in [0.05, 0.1) is 18.8 Å². The molecule has 1 unspecified atom stereocenters. The van der Waals surface area contributed by atoms with Gasteiger partial charge < -0.3 is 35.4 Å². The first kappa shape index (κ1) is 33.4. The van der Waals surface area contributed by atoms with Gasteiger partial charge in [0.2, 0.25) is 0 Å². The number of hydrogen-bond donors (Lipinski definition) is 5. The fourth-order valence-corrected chi connectivity index (χ4v) is 7.73. The zero-order valence-corrected chi connectivity index (χ0v) is 25.2. The highest BCUT2D eigenvalue weighted by Gasteiger charge is 2.50. The van der Waals surface area contributed by atoms with E-state index in [0.29, 0.717) is 5.41 Å². The molecule has 10 atom stereocenters. The number of aliphatic hydroxyl groups excluding tert-OH is 5. The maximum Gasteiger partial charge on any atom is 0.111 e. The molecule has 1 aliphatic heterocycles. The molecule has 0 aromatic heterocycles. The first-order valence-electron chi connectivity index (χ1n) is 15.6. The van der Waals surface area contributed by atoms with Crippen molar-refractivity contribution in [3.8, 4) is 0 Å². The molecule has 0 radical (unpaired) electrons. The van der Waals surface area contributed by atoms with Crippen LogP contribution in [0.3, 0.4) is 0 Å². The van der Waals surface area contributed by atoms with Crippen molar-refractivity contribution in [3.05, 3.63) is 35.5 Å². The zero-order valence-electron chi connectivity index (χ0n) is 25.2. The normalized spacial score (nSPS) is 41.1. The van der Waals surface area contributed by atoms with Crippen molar-refractivity contribution >= 4 is 0 Å². The van der Waals surface area contributed by atoms with E-state index in [1.54, 1.807) is 5.57 Å². The van der Waals surface area contributed by atoms with Crippen LogP contribution in [0.4, 0.5) is 0 Å². The standard InChI is InChI=1S/C27H44O.C6H11O6/c1-19(2)8-6-9-21(4)25-15-16-26-22(10-7-17-27(25,26)5)12-13-23-18-24(28)14-11-20(23)3;7-1-2-3(8)4(9)5(10)6(11)12-2/h12-13,19,21,24-26,28H,3,6-11,14-18H2,1-2,4-5H3;2-10H,1H2/q;-1/b22-12+,23-13-;/t21-,24+,25-,26+,27-;2-,3+,4+,5-,6?/m11/s1. The first-order chi connectivity index (χ1) is 18.9. The Morgan fingerprint density at radius 2 is 1.73 bits per heavy atom. The smallest absolute Gasteiger partial charge is 0.111 e. The summed E-state index contributed by atoms with van der Waals surface area (Å²) in [6.45, 7) is 13.5. The van der Waals surface area contributed by atoms with Gasteiger partial charge in [-0.2, -0.15) is 0 Å². The summed E-state index contributed by atoms with van der Waals surface area (Å²) in [4.78, 5) is 0. The lowest BCUT2D eigenvalue weighted by molar-refractivity contribution is -0.532. The zero-order chi connectivity index (χ0) is 29.6. The average Bonchev–Trinajstić information content (AvgIpc) is 3.27. The third-order valence-corrected chi connectivity index (χ3v) is 10.2. The Kier molecular flexibility index (Phi) is 12.5. The van der Waals surface area contributed by atoms with Crippen LogP contribution >= 0.6 is 0 Å². The van der Waals surface area contributed by atoms with Crippen LogP contribution in [-0.4, -0.2) is 68.9 Å². The lowest BCUT2D eigenvalue weighted by atomic mass is 9.60. The molecule has 1 saturated heterocycles. The van der Waals surface area contributed by atoms with Crippen LogP contribution in [-0.2, 0) is 4.74 Å². The van der Waals surface area contributed by atoms with Crippen molar-refractivity contribution in [1.29, 1.82) is 0 Å². The molecular weight excluding hydrogens is 508 g/mol. The molecule has 7 nitrogen and oxygen atoms in total. The SMILES string of the molecule is C=C1CC[C@H](O)C/C1=C/C=C1\CCC[C@]2(C)[C@@H]([C@H](C)CCCC(C)C)CC[C@@H]12.[O-]C1O[C@H](CO)[C@H](O)[C@H](O)[C@H]1O. The van der Waals surface area contributed by atoms with E-state index in [9.17, 15) is 10.2 Å². The highest BCUT2D eigenvalue weighted by atomic mass is 16.6. The second-order valence-electron chi connectivity index (χ2n) is 13.5. The van der Waals surface area contributed by atoms with Crippen molar-refractivity contribution < 1.29 is 35.4 Å². The summed E-state index contributed by atoms with van der Waals surface area (Å²) in [7, 11) is 0. The summed E-state index contributed by atoms with van der Waals surface area (Å²) in [6, 6.07) is 0. The molecular formula is C33H55O7-. The third-order valence-electron chi connectivity index (χ3n) is 10.2. The summed E-state index contributed by atoms with van der Waals surface area (Å²) in [6.07, 6.45) is 10.7. The van der Waals surface area contributed by atoms with Gasteiger partial charge in [-0.1, -0.05) is 76.8 Å². The summed E-state index contributed by atoms with van der Waals surface area (Å²) >= 11 is 0. The van der Waals surface area contributed by atoms with Crippen molar-refractivity contribution in [2.24, 2.45) is 29.1 Å². The Balaban J connectivity index is 0.000000307. The second-order valence-corrected chi connectivity index (χ2v) is 13.5. The molecule has 4 aliphatic rings. The van der Waals surface area contributed by atoms with Gasteiger partial charge in [-0.15, -0.1) is 0 Å².